The lowest BCUT2D eigenvalue weighted by Gasteiger charge is -2.11. The summed E-state index contributed by atoms with van der Waals surface area (Å²) in [7, 11) is 0. The van der Waals surface area contributed by atoms with Crippen molar-refractivity contribution < 1.29 is 9.59 Å². The summed E-state index contributed by atoms with van der Waals surface area (Å²) in [6.07, 6.45) is 2.54. The average molecular weight is 392 g/mol. The number of hydrazone groups is 1. The molecule has 1 aliphatic rings. The maximum Gasteiger partial charge on any atom is 0.271 e. The monoisotopic (exact) mass is 392 g/mol. The second-order valence-electron chi connectivity index (χ2n) is 6.73. The van der Waals surface area contributed by atoms with Crippen molar-refractivity contribution in [3.63, 3.8) is 0 Å². The van der Waals surface area contributed by atoms with Crippen LogP contribution in [-0.2, 0) is 10.5 Å². The van der Waals surface area contributed by atoms with Crippen LogP contribution >= 0.6 is 11.8 Å². The van der Waals surface area contributed by atoms with E-state index in [1.165, 1.54) is 0 Å². The zero-order valence-corrected chi connectivity index (χ0v) is 16.1. The van der Waals surface area contributed by atoms with Gasteiger partial charge in [-0.2, -0.15) is 5.10 Å². The quantitative estimate of drug-likeness (QED) is 0.506. The van der Waals surface area contributed by atoms with Crippen molar-refractivity contribution in [1.29, 1.82) is 0 Å². The summed E-state index contributed by atoms with van der Waals surface area (Å²) in [6.45, 7) is 0. The molecule has 0 radical (unpaired) electrons. The molecule has 2 aromatic carbocycles. The highest BCUT2D eigenvalue weighted by Crippen LogP contribution is 2.23. The van der Waals surface area contributed by atoms with Crippen molar-refractivity contribution in [2.45, 2.75) is 36.6 Å². The normalized spacial score (nSPS) is 15.9. The van der Waals surface area contributed by atoms with Crippen LogP contribution in [0.5, 0.6) is 0 Å². The number of rotatable bonds is 5. The Morgan fingerprint density at radius 1 is 1.14 bits per heavy atom. The highest BCUT2D eigenvalue weighted by molar-refractivity contribution is 7.98. The van der Waals surface area contributed by atoms with Gasteiger partial charge in [-0.3, -0.25) is 9.59 Å². The summed E-state index contributed by atoms with van der Waals surface area (Å²) in [6, 6.07) is 15.4. The van der Waals surface area contributed by atoms with E-state index in [0.29, 0.717) is 18.4 Å². The Hall–Kier alpha value is -2.93. The third kappa shape index (κ3) is 4.48. The number of hydrogen-bond acceptors (Lipinski definition) is 5. The maximum atomic E-state index is 12.2. The summed E-state index contributed by atoms with van der Waals surface area (Å²) in [5, 5.41) is 4.98. The SMILES string of the molecule is O=C1CCCC(=NNC(=O)c2ccc(CSc3nc4ccccc4[nH]3)cc2)C1. The Morgan fingerprint density at radius 3 is 2.75 bits per heavy atom. The summed E-state index contributed by atoms with van der Waals surface area (Å²) >= 11 is 1.62. The van der Waals surface area contributed by atoms with Gasteiger partial charge in [0, 0.05) is 29.9 Å². The van der Waals surface area contributed by atoms with Crippen LogP contribution in [0, 0.1) is 0 Å². The number of para-hydroxylation sites is 2. The zero-order chi connectivity index (χ0) is 19.3. The van der Waals surface area contributed by atoms with Gasteiger partial charge in [-0.1, -0.05) is 36.0 Å². The van der Waals surface area contributed by atoms with E-state index in [1.54, 1.807) is 23.9 Å². The van der Waals surface area contributed by atoms with Crippen LogP contribution in [0.15, 0.2) is 58.8 Å². The number of thioether (sulfide) groups is 1. The molecule has 28 heavy (non-hydrogen) atoms. The first kappa shape index (κ1) is 18.4. The third-order valence-corrected chi connectivity index (χ3v) is 5.54. The van der Waals surface area contributed by atoms with Gasteiger partial charge in [0.25, 0.3) is 5.91 Å². The lowest BCUT2D eigenvalue weighted by molar-refractivity contribution is -0.118. The van der Waals surface area contributed by atoms with Crippen LogP contribution in [0.2, 0.25) is 0 Å². The van der Waals surface area contributed by atoms with E-state index >= 15 is 0 Å². The molecule has 0 bridgehead atoms. The van der Waals surface area contributed by atoms with Crippen LogP contribution < -0.4 is 5.43 Å². The highest BCUT2D eigenvalue weighted by atomic mass is 32.2. The number of carbonyl (C=O) groups is 2. The second kappa shape index (κ2) is 8.39. The van der Waals surface area contributed by atoms with Gasteiger partial charge in [-0.25, -0.2) is 10.4 Å². The van der Waals surface area contributed by atoms with Gasteiger partial charge in [-0.05, 0) is 42.7 Å². The molecule has 7 heteroatoms. The predicted molar refractivity (Wildman–Crippen MR) is 110 cm³/mol. The van der Waals surface area contributed by atoms with E-state index in [2.05, 4.69) is 20.5 Å². The van der Waals surface area contributed by atoms with Gasteiger partial charge in [-0.15, -0.1) is 0 Å². The minimum atomic E-state index is -0.262. The van der Waals surface area contributed by atoms with Crippen molar-refractivity contribution in [3.05, 3.63) is 59.7 Å². The molecule has 0 unspecified atom stereocenters. The summed E-state index contributed by atoms with van der Waals surface area (Å²) in [5.41, 5.74) is 6.94. The standard InChI is InChI=1S/C21H20N4O2S/c26-17-5-3-4-16(12-17)24-25-20(27)15-10-8-14(9-11-15)13-28-21-22-18-6-1-2-7-19(18)23-21/h1-2,6-11H,3-5,12-13H2,(H,22,23)(H,25,27). The van der Waals surface area contributed by atoms with E-state index < -0.39 is 0 Å². The number of amides is 1. The number of fused-ring (bicyclic) bond motifs is 1. The Morgan fingerprint density at radius 2 is 1.96 bits per heavy atom. The number of ketones is 1. The minimum Gasteiger partial charge on any atom is -0.333 e. The van der Waals surface area contributed by atoms with Crippen LogP contribution in [0.4, 0.5) is 0 Å². The maximum absolute atomic E-state index is 12.2. The first-order chi connectivity index (χ1) is 13.7. The average Bonchev–Trinajstić information content (AvgIpc) is 3.14. The topological polar surface area (TPSA) is 87.2 Å². The van der Waals surface area contributed by atoms with Crippen LogP contribution in [0.3, 0.4) is 0 Å². The first-order valence-electron chi connectivity index (χ1n) is 9.21. The van der Waals surface area contributed by atoms with E-state index in [0.717, 1.165) is 46.1 Å². The molecule has 1 saturated carbocycles. The van der Waals surface area contributed by atoms with E-state index in [-0.39, 0.29) is 11.7 Å². The molecule has 142 valence electrons. The Balaban J connectivity index is 1.33. The number of hydrogen-bond donors (Lipinski definition) is 2. The number of aromatic nitrogens is 2. The Labute approximate surface area is 166 Å². The lowest BCUT2D eigenvalue weighted by Crippen LogP contribution is -2.22. The van der Waals surface area contributed by atoms with Gasteiger partial charge < -0.3 is 4.98 Å². The van der Waals surface area contributed by atoms with Crippen molar-refractivity contribution in [2.75, 3.05) is 0 Å². The predicted octanol–water partition coefficient (Wildman–Crippen LogP) is 4.08. The number of imidazole rings is 1. The molecule has 0 spiro atoms. The largest absolute Gasteiger partial charge is 0.333 e. The van der Waals surface area contributed by atoms with E-state index in [9.17, 15) is 9.59 Å². The molecule has 4 rings (SSSR count). The van der Waals surface area contributed by atoms with Crippen LogP contribution in [0.1, 0.15) is 41.6 Å². The fraction of sp³-hybridized carbons (Fsp3) is 0.238. The van der Waals surface area contributed by atoms with Crippen LogP contribution in [-0.4, -0.2) is 27.4 Å². The molecule has 1 amide bonds. The number of aromatic amines is 1. The molecule has 1 heterocycles. The summed E-state index contributed by atoms with van der Waals surface area (Å²) in [4.78, 5) is 31.5. The van der Waals surface area contributed by atoms with Gasteiger partial charge >= 0.3 is 0 Å². The van der Waals surface area contributed by atoms with Gasteiger partial charge in [0.15, 0.2) is 5.16 Å². The molecule has 2 N–H and O–H groups in total. The minimum absolute atomic E-state index is 0.186. The molecule has 6 nitrogen and oxygen atoms in total. The van der Waals surface area contributed by atoms with Crippen molar-refractivity contribution in [3.8, 4) is 0 Å². The van der Waals surface area contributed by atoms with Gasteiger partial charge in [0.1, 0.15) is 5.78 Å². The number of Topliss-reactive ketones (excluding diaryl/α,β-unsaturated/α-hetero) is 1. The number of benzene rings is 2. The summed E-state index contributed by atoms with van der Waals surface area (Å²) in [5.74, 6) is 0.680. The molecule has 0 saturated heterocycles. The molecular formula is C21H20N4O2S. The molecule has 1 aromatic heterocycles. The Kier molecular flexibility index (Phi) is 5.53. The highest BCUT2D eigenvalue weighted by Gasteiger charge is 2.15. The fourth-order valence-corrected chi connectivity index (χ4v) is 3.93. The number of nitrogens with zero attached hydrogens (tertiary/aromatic N) is 2. The number of H-pyrrole nitrogens is 1. The third-order valence-electron chi connectivity index (χ3n) is 4.60. The molecule has 1 fully saturated rings. The van der Waals surface area contributed by atoms with E-state index in [4.69, 9.17) is 0 Å². The van der Waals surface area contributed by atoms with Gasteiger partial charge in [0.2, 0.25) is 0 Å². The number of carbonyl (C=O) groups excluding carboxylic acids is 2. The van der Waals surface area contributed by atoms with Gasteiger partial charge in [0.05, 0.1) is 11.0 Å². The lowest BCUT2D eigenvalue weighted by atomic mass is 9.97. The first-order valence-corrected chi connectivity index (χ1v) is 10.2. The molecule has 3 aromatic rings. The smallest absolute Gasteiger partial charge is 0.271 e. The molecule has 1 aliphatic carbocycles. The van der Waals surface area contributed by atoms with Crippen molar-refractivity contribution >= 4 is 40.2 Å². The number of nitrogens with one attached hydrogen (secondary N) is 2. The molecule has 0 aliphatic heterocycles. The summed E-state index contributed by atoms with van der Waals surface area (Å²) < 4.78 is 0. The molecule has 0 atom stereocenters. The van der Waals surface area contributed by atoms with E-state index in [1.807, 2.05) is 36.4 Å². The van der Waals surface area contributed by atoms with Crippen LogP contribution in [0.25, 0.3) is 11.0 Å². The fourth-order valence-electron chi connectivity index (χ4n) is 3.09. The zero-order valence-electron chi connectivity index (χ0n) is 15.3. The van der Waals surface area contributed by atoms with Crippen molar-refractivity contribution in [2.24, 2.45) is 5.10 Å². The van der Waals surface area contributed by atoms with Crippen molar-refractivity contribution in [1.82, 2.24) is 15.4 Å². The molecular weight excluding hydrogens is 372 g/mol. The second-order valence-corrected chi connectivity index (χ2v) is 7.70. The Bertz CT molecular complexity index is 1010.